The van der Waals surface area contributed by atoms with Crippen LogP contribution in [0.4, 0.5) is 4.39 Å². The maximum atomic E-state index is 13.1. The molecule has 0 radical (unpaired) electrons. The smallest absolute Gasteiger partial charge is 0.245 e. The zero-order valence-electron chi connectivity index (χ0n) is 13.8. The minimum Gasteiger partial charge on any atom is -0.377 e. The van der Waals surface area contributed by atoms with Crippen LogP contribution in [0, 0.1) is 5.82 Å². The highest BCUT2D eigenvalue weighted by Crippen LogP contribution is 2.34. The number of morpholine rings is 1. The fraction of sp³-hybridized carbons (Fsp3) is 0.556. The Bertz CT molecular complexity index is 605. The molecule has 130 valence electrons. The van der Waals surface area contributed by atoms with Crippen molar-refractivity contribution in [2.24, 2.45) is 0 Å². The molecule has 1 aliphatic carbocycles. The van der Waals surface area contributed by atoms with Gasteiger partial charge in [0, 0.05) is 25.4 Å². The molecular formula is C18H23FN2O3. The van der Waals surface area contributed by atoms with E-state index in [9.17, 15) is 14.0 Å². The number of hydrogen-bond donors (Lipinski definition) is 1. The third-order valence-electron chi connectivity index (χ3n) is 4.98. The molecule has 24 heavy (non-hydrogen) atoms. The number of benzene rings is 1. The van der Waals surface area contributed by atoms with E-state index in [1.54, 1.807) is 17.0 Å². The van der Waals surface area contributed by atoms with Gasteiger partial charge >= 0.3 is 0 Å². The van der Waals surface area contributed by atoms with Crippen molar-refractivity contribution in [1.29, 1.82) is 0 Å². The second-order valence-electron chi connectivity index (χ2n) is 6.51. The summed E-state index contributed by atoms with van der Waals surface area (Å²) in [6.45, 7) is 2.62. The molecule has 6 heteroatoms. The van der Waals surface area contributed by atoms with Crippen LogP contribution in [0.3, 0.4) is 0 Å². The van der Waals surface area contributed by atoms with E-state index >= 15 is 0 Å². The number of carbonyl (C=O) groups excluding carboxylic acids is 2. The Morgan fingerprint density at radius 2 is 2.00 bits per heavy atom. The van der Waals surface area contributed by atoms with Gasteiger partial charge in [0.2, 0.25) is 11.8 Å². The largest absolute Gasteiger partial charge is 0.377 e. The molecule has 5 nitrogen and oxygen atoms in total. The van der Waals surface area contributed by atoms with Crippen LogP contribution in [0.2, 0.25) is 0 Å². The summed E-state index contributed by atoms with van der Waals surface area (Å²) < 4.78 is 18.5. The Kier molecular flexibility index (Phi) is 5.14. The molecule has 1 aromatic rings. The predicted molar refractivity (Wildman–Crippen MR) is 86.9 cm³/mol. The van der Waals surface area contributed by atoms with Crippen molar-refractivity contribution in [2.45, 2.75) is 44.2 Å². The van der Waals surface area contributed by atoms with E-state index in [4.69, 9.17) is 4.74 Å². The lowest BCUT2D eigenvalue weighted by Gasteiger charge is -2.35. The van der Waals surface area contributed by atoms with E-state index in [-0.39, 0.29) is 36.2 Å². The first kappa shape index (κ1) is 16.9. The van der Waals surface area contributed by atoms with Crippen LogP contribution in [0.5, 0.6) is 0 Å². The van der Waals surface area contributed by atoms with E-state index in [1.165, 1.54) is 19.1 Å². The highest BCUT2D eigenvalue weighted by molar-refractivity contribution is 5.87. The molecular weight excluding hydrogens is 311 g/mol. The molecule has 1 saturated heterocycles. The van der Waals surface area contributed by atoms with Crippen molar-refractivity contribution in [3.63, 3.8) is 0 Å². The summed E-state index contributed by atoms with van der Waals surface area (Å²) in [4.78, 5) is 25.9. The summed E-state index contributed by atoms with van der Waals surface area (Å²) in [6.07, 6.45) is 2.88. The first-order valence-corrected chi connectivity index (χ1v) is 8.47. The minimum atomic E-state index is -0.564. The van der Waals surface area contributed by atoms with Crippen LogP contribution in [0.15, 0.2) is 24.3 Å². The normalized spacial score (nSPS) is 27.1. The molecule has 3 atom stereocenters. The van der Waals surface area contributed by atoms with Crippen LogP contribution >= 0.6 is 0 Å². The van der Waals surface area contributed by atoms with Crippen LogP contribution < -0.4 is 5.32 Å². The van der Waals surface area contributed by atoms with Gasteiger partial charge in [0.1, 0.15) is 11.9 Å². The van der Waals surface area contributed by atoms with Gasteiger partial charge in [-0.2, -0.15) is 0 Å². The third-order valence-corrected chi connectivity index (χ3v) is 4.98. The molecule has 1 N–H and O–H groups in total. The molecule has 0 bridgehead atoms. The van der Waals surface area contributed by atoms with Crippen LogP contribution in [-0.4, -0.2) is 48.6 Å². The standard InChI is InChI=1S/C18H23FN2O3/c1-12(22)21-9-10-24-11-17(21)18(23)20-16-4-2-3-15(16)13-5-7-14(19)8-6-13/h5-8,15-17H,2-4,9-11H2,1H3,(H,20,23)/t15-,16-,17+/m0/s1. The molecule has 0 unspecified atom stereocenters. The van der Waals surface area contributed by atoms with Gasteiger partial charge in [0.15, 0.2) is 0 Å². The maximum absolute atomic E-state index is 13.1. The average Bonchev–Trinajstić information content (AvgIpc) is 3.03. The van der Waals surface area contributed by atoms with Crippen molar-refractivity contribution in [1.82, 2.24) is 10.2 Å². The second-order valence-corrected chi connectivity index (χ2v) is 6.51. The van der Waals surface area contributed by atoms with Gasteiger partial charge in [-0.1, -0.05) is 18.6 Å². The van der Waals surface area contributed by atoms with Crippen LogP contribution in [0.1, 0.15) is 37.7 Å². The number of nitrogens with zero attached hydrogens (tertiary/aromatic N) is 1. The maximum Gasteiger partial charge on any atom is 0.245 e. The Morgan fingerprint density at radius 1 is 1.25 bits per heavy atom. The Morgan fingerprint density at radius 3 is 2.71 bits per heavy atom. The summed E-state index contributed by atoms with van der Waals surface area (Å²) >= 11 is 0. The van der Waals surface area contributed by atoms with Crippen molar-refractivity contribution in [2.75, 3.05) is 19.8 Å². The summed E-state index contributed by atoms with van der Waals surface area (Å²) in [7, 11) is 0. The molecule has 2 amide bonds. The van der Waals surface area contributed by atoms with E-state index in [0.29, 0.717) is 13.2 Å². The van der Waals surface area contributed by atoms with Gasteiger partial charge in [-0.25, -0.2) is 4.39 Å². The van der Waals surface area contributed by atoms with Gasteiger partial charge in [-0.3, -0.25) is 9.59 Å². The number of hydrogen-bond acceptors (Lipinski definition) is 3. The van der Waals surface area contributed by atoms with E-state index in [1.807, 2.05) is 0 Å². The van der Waals surface area contributed by atoms with E-state index < -0.39 is 6.04 Å². The van der Waals surface area contributed by atoms with Crippen molar-refractivity contribution >= 4 is 11.8 Å². The average molecular weight is 334 g/mol. The SMILES string of the molecule is CC(=O)N1CCOC[C@@H]1C(=O)N[C@H]1CCC[C@H]1c1ccc(F)cc1. The van der Waals surface area contributed by atoms with Gasteiger partial charge in [-0.15, -0.1) is 0 Å². The summed E-state index contributed by atoms with van der Waals surface area (Å²) in [5.41, 5.74) is 1.04. The number of ether oxygens (including phenoxy) is 1. The lowest BCUT2D eigenvalue weighted by molar-refractivity contribution is -0.147. The fourth-order valence-electron chi connectivity index (χ4n) is 3.72. The molecule has 2 fully saturated rings. The zero-order valence-corrected chi connectivity index (χ0v) is 13.8. The summed E-state index contributed by atoms with van der Waals surface area (Å²) in [5.74, 6) is -0.345. The first-order valence-electron chi connectivity index (χ1n) is 8.47. The number of carbonyl (C=O) groups is 2. The van der Waals surface area contributed by atoms with Gasteiger partial charge in [-0.05, 0) is 30.5 Å². The lowest BCUT2D eigenvalue weighted by atomic mass is 9.94. The second kappa shape index (κ2) is 7.30. The molecule has 2 aliphatic rings. The number of nitrogens with one attached hydrogen (secondary N) is 1. The number of halogens is 1. The molecule has 0 aromatic heterocycles. The number of amides is 2. The summed E-state index contributed by atoms with van der Waals surface area (Å²) in [5, 5.41) is 3.09. The van der Waals surface area contributed by atoms with E-state index in [0.717, 1.165) is 24.8 Å². The zero-order chi connectivity index (χ0) is 17.1. The number of rotatable bonds is 3. The molecule has 1 aromatic carbocycles. The third kappa shape index (κ3) is 3.59. The van der Waals surface area contributed by atoms with Gasteiger partial charge in [0.05, 0.1) is 13.2 Å². The highest BCUT2D eigenvalue weighted by Gasteiger charge is 2.35. The monoisotopic (exact) mass is 334 g/mol. The van der Waals surface area contributed by atoms with Crippen molar-refractivity contribution in [3.05, 3.63) is 35.6 Å². The summed E-state index contributed by atoms with van der Waals surface area (Å²) in [6, 6.07) is 5.94. The topological polar surface area (TPSA) is 58.6 Å². The molecule has 3 rings (SSSR count). The fourth-order valence-corrected chi connectivity index (χ4v) is 3.72. The highest BCUT2D eigenvalue weighted by atomic mass is 19.1. The van der Waals surface area contributed by atoms with Gasteiger partial charge in [0.25, 0.3) is 0 Å². The van der Waals surface area contributed by atoms with Crippen molar-refractivity contribution in [3.8, 4) is 0 Å². The molecule has 1 saturated carbocycles. The van der Waals surface area contributed by atoms with Crippen LogP contribution in [-0.2, 0) is 14.3 Å². The van der Waals surface area contributed by atoms with E-state index in [2.05, 4.69) is 5.32 Å². The Hall–Kier alpha value is -1.95. The lowest BCUT2D eigenvalue weighted by Crippen LogP contribution is -2.57. The molecule has 1 aliphatic heterocycles. The Labute approximate surface area is 141 Å². The van der Waals surface area contributed by atoms with Crippen molar-refractivity contribution < 1.29 is 18.7 Å². The van der Waals surface area contributed by atoms with Gasteiger partial charge < -0.3 is 15.0 Å². The predicted octanol–water partition coefficient (Wildman–Crippen LogP) is 1.83. The van der Waals surface area contributed by atoms with Crippen LogP contribution in [0.25, 0.3) is 0 Å². The molecule has 1 heterocycles. The minimum absolute atomic E-state index is 0.0127. The molecule has 0 spiro atoms. The first-order chi connectivity index (χ1) is 11.6. The quantitative estimate of drug-likeness (QED) is 0.917. The Balaban J connectivity index is 1.68.